The highest BCUT2D eigenvalue weighted by Gasteiger charge is 2.38. The Balaban J connectivity index is 1.42. The lowest BCUT2D eigenvalue weighted by molar-refractivity contribution is -0.137. The number of carbonyl (C=O) groups is 1. The van der Waals surface area contributed by atoms with Crippen LogP contribution < -0.4 is 9.47 Å². The fraction of sp³-hybridized carbons (Fsp3) is 0.387. The van der Waals surface area contributed by atoms with Gasteiger partial charge in [-0.25, -0.2) is 0 Å². The third-order valence-electron chi connectivity index (χ3n) is 7.35. The number of benzene rings is 3. The van der Waals surface area contributed by atoms with Crippen LogP contribution in [0.15, 0.2) is 72.8 Å². The number of carbonyl (C=O) groups excluding carboxylic acids is 1. The highest BCUT2D eigenvalue weighted by Crippen LogP contribution is 2.39. The molecule has 1 amide bonds. The van der Waals surface area contributed by atoms with Gasteiger partial charge in [0.1, 0.15) is 0 Å². The predicted octanol–water partition coefficient (Wildman–Crippen LogP) is 6.45. The first-order chi connectivity index (χ1) is 18.7. The van der Waals surface area contributed by atoms with Gasteiger partial charge in [0.25, 0.3) is 5.91 Å². The van der Waals surface area contributed by atoms with Crippen LogP contribution >= 0.6 is 0 Å². The van der Waals surface area contributed by atoms with Crippen LogP contribution in [0.3, 0.4) is 0 Å². The molecule has 0 N–H and O–H groups in total. The fourth-order valence-electron chi connectivity index (χ4n) is 5.62. The number of hydrogen-bond donors (Lipinski definition) is 0. The molecule has 0 spiro atoms. The minimum Gasteiger partial charge on any atom is -0.454 e. The van der Waals surface area contributed by atoms with Crippen LogP contribution in [0.1, 0.15) is 46.8 Å². The van der Waals surface area contributed by atoms with E-state index >= 15 is 0 Å². The van der Waals surface area contributed by atoms with E-state index in [0.717, 1.165) is 11.6 Å². The van der Waals surface area contributed by atoms with Gasteiger partial charge >= 0.3 is 6.18 Å². The number of hydrogen-bond acceptors (Lipinski definition) is 4. The van der Waals surface area contributed by atoms with Gasteiger partial charge in [0.15, 0.2) is 11.5 Å². The van der Waals surface area contributed by atoms with Gasteiger partial charge < -0.3 is 14.4 Å². The quantitative estimate of drug-likeness (QED) is 0.331. The van der Waals surface area contributed by atoms with E-state index in [1.807, 2.05) is 41.3 Å². The van der Waals surface area contributed by atoms with E-state index < -0.39 is 11.7 Å². The maximum atomic E-state index is 13.6. The zero-order valence-electron chi connectivity index (χ0n) is 22.2. The Morgan fingerprint density at radius 3 is 2.49 bits per heavy atom. The summed E-state index contributed by atoms with van der Waals surface area (Å²) in [5.74, 6) is 1.42. The molecule has 3 aromatic carbocycles. The molecule has 0 saturated carbocycles. The number of nitrogens with zero attached hydrogens (tertiary/aromatic N) is 2. The number of alkyl halides is 3. The van der Waals surface area contributed by atoms with E-state index in [2.05, 4.69) is 18.7 Å². The zero-order chi connectivity index (χ0) is 27.6. The smallest absolute Gasteiger partial charge is 0.416 e. The first kappa shape index (κ1) is 27.1. The minimum atomic E-state index is -4.41. The first-order valence-electron chi connectivity index (χ1n) is 13.3. The van der Waals surface area contributed by atoms with Crippen molar-refractivity contribution in [1.82, 2.24) is 9.80 Å². The van der Waals surface area contributed by atoms with Crippen molar-refractivity contribution in [3.63, 3.8) is 0 Å². The lowest BCUT2D eigenvalue weighted by Crippen LogP contribution is -2.39. The third kappa shape index (κ3) is 6.38. The predicted molar refractivity (Wildman–Crippen MR) is 143 cm³/mol. The van der Waals surface area contributed by atoms with E-state index in [1.54, 1.807) is 18.2 Å². The van der Waals surface area contributed by atoms with Gasteiger partial charge in [0.2, 0.25) is 6.79 Å². The SMILES string of the molecule is CC(C)CN(C[C@@H]1CN(Cc2ccc3c(c2)OCO3)C[C@H]1c1cccc(C(F)(F)F)c1)C(=O)c1ccccc1. The van der Waals surface area contributed by atoms with Crippen LogP contribution in [0.4, 0.5) is 13.2 Å². The molecule has 206 valence electrons. The van der Waals surface area contributed by atoms with Crippen LogP contribution in [-0.4, -0.2) is 48.7 Å². The summed E-state index contributed by atoms with van der Waals surface area (Å²) >= 11 is 0. The van der Waals surface area contributed by atoms with Crippen molar-refractivity contribution < 1.29 is 27.4 Å². The number of fused-ring (bicyclic) bond motifs is 1. The number of amides is 1. The summed E-state index contributed by atoms with van der Waals surface area (Å²) in [6.07, 6.45) is -4.41. The molecule has 0 aromatic heterocycles. The van der Waals surface area contributed by atoms with Crippen molar-refractivity contribution in [2.24, 2.45) is 11.8 Å². The van der Waals surface area contributed by atoms with Crippen molar-refractivity contribution in [1.29, 1.82) is 0 Å². The third-order valence-corrected chi connectivity index (χ3v) is 7.35. The molecule has 0 aliphatic carbocycles. The minimum absolute atomic E-state index is 0.0334. The summed E-state index contributed by atoms with van der Waals surface area (Å²) in [6, 6.07) is 20.7. The molecule has 5 rings (SSSR count). The van der Waals surface area contributed by atoms with Crippen LogP contribution in [0.25, 0.3) is 0 Å². The molecule has 8 heteroatoms. The van der Waals surface area contributed by atoms with E-state index in [1.165, 1.54) is 12.1 Å². The highest BCUT2D eigenvalue weighted by atomic mass is 19.4. The van der Waals surface area contributed by atoms with E-state index in [9.17, 15) is 18.0 Å². The summed E-state index contributed by atoms with van der Waals surface area (Å²) in [5.41, 5.74) is 1.66. The Hall–Kier alpha value is -3.52. The number of halogens is 3. The maximum absolute atomic E-state index is 13.6. The topological polar surface area (TPSA) is 42.0 Å². The van der Waals surface area contributed by atoms with Crippen molar-refractivity contribution in [3.05, 3.63) is 95.1 Å². The monoisotopic (exact) mass is 538 g/mol. The maximum Gasteiger partial charge on any atom is 0.416 e. The van der Waals surface area contributed by atoms with Gasteiger partial charge in [-0.15, -0.1) is 0 Å². The second kappa shape index (κ2) is 11.3. The van der Waals surface area contributed by atoms with Gasteiger partial charge in [0, 0.05) is 44.2 Å². The summed E-state index contributed by atoms with van der Waals surface area (Å²) in [6.45, 7) is 7.24. The number of likely N-dealkylation sites (tertiary alicyclic amines) is 1. The standard InChI is InChI=1S/C31H33F3N2O3/c1-21(2)15-36(30(37)23-7-4-3-5-8-23)18-25-17-35(16-22-11-12-28-29(13-22)39-20-38-28)19-27(25)24-9-6-10-26(14-24)31(32,33)34/h3-14,21,25,27H,15-20H2,1-2H3/t25-,27-/m0/s1. The van der Waals surface area contributed by atoms with E-state index in [4.69, 9.17) is 9.47 Å². The molecule has 0 unspecified atom stereocenters. The highest BCUT2D eigenvalue weighted by molar-refractivity contribution is 5.94. The van der Waals surface area contributed by atoms with E-state index in [0.29, 0.717) is 55.3 Å². The van der Waals surface area contributed by atoms with Crippen molar-refractivity contribution in [3.8, 4) is 11.5 Å². The van der Waals surface area contributed by atoms with Crippen molar-refractivity contribution in [2.45, 2.75) is 32.5 Å². The molecule has 2 aliphatic rings. The molecule has 3 aromatic rings. The summed E-state index contributed by atoms with van der Waals surface area (Å²) in [5, 5.41) is 0. The Labute approximate surface area is 227 Å². The second-order valence-electron chi connectivity index (χ2n) is 10.8. The first-order valence-corrected chi connectivity index (χ1v) is 13.3. The molecule has 2 heterocycles. The molecular weight excluding hydrogens is 505 g/mol. The Morgan fingerprint density at radius 1 is 0.974 bits per heavy atom. The molecule has 1 saturated heterocycles. The second-order valence-corrected chi connectivity index (χ2v) is 10.8. The van der Waals surface area contributed by atoms with Crippen LogP contribution in [0.5, 0.6) is 11.5 Å². The average molecular weight is 539 g/mol. The molecule has 2 atom stereocenters. The summed E-state index contributed by atoms with van der Waals surface area (Å²) in [4.78, 5) is 17.6. The number of ether oxygens (including phenoxy) is 2. The molecule has 5 nitrogen and oxygen atoms in total. The molecule has 39 heavy (non-hydrogen) atoms. The van der Waals surface area contributed by atoms with Gasteiger partial charge in [0.05, 0.1) is 5.56 Å². The van der Waals surface area contributed by atoms with Gasteiger partial charge in [-0.05, 0) is 53.3 Å². The molecule has 0 bridgehead atoms. The lowest BCUT2D eigenvalue weighted by Gasteiger charge is -2.30. The summed E-state index contributed by atoms with van der Waals surface area (Å²) < 4.78 is 51.7. The van der Waals surface area contributed by atoms with Crippen molar-refractivity contribution in [2.75, 3.05) is 33.0 Å². The Morgan fingerprint density at radius 2 is 1.74 bits per heavy atom. The lowest BCUT2D eigenvalue weighted by atomic mass is 9.87. The van der Waals surface area contributed by atoms with Crippen LogP contribution in [-0.2, 0) is 12.7 Å². The van der Waals surface area contributed by atoms with Gasteiger partial charge in [-0.3, -0.25) is 9.69 Å². The Bertz CT molecular complexity index is 1300. The van der Waals surface area contributed by atoms with Crippen LogP contribution in [0.2, 0.25) is 0 Å². The average Bonchev–Trinajstić information content (AvgIpc) is 3.54. The molecular formula is C31H33F3N2O3. The molecule has 1 fully saturated rings. The van der Waals surface area contributed by atoms with Gasteiger partial charge in [-0.1, -0.05) is 56.3 Å². The van der Waals surface area contributed by atoms with Gasteiger partial charge in [-0.2, -0.15) is 13.2 Å². The zero-order valence-corrected chi connectivity index (χ0v) is 22.2. The largest absolute Gasteiger partial charge is 0.454 e. The summed E-state index contributed by atoms with van der Waals surface area (Å²) in [7, 11) is 0. The Kier molecular flexibility index (Phi) is 7.84. The van der Waals surface area contributed by atoms with Crippen molar-refractivity contribution >= 4 is 5.91 Å². The molecule has 0 radical (unpaired) electrons. The number of rotatable bonds is 8. The van der Waals surface area contributed by atoms with E-state index in [-0.39, 0.29) is 30.5 Å². The van der Waals surface area contributed by atoms with Crippen LogP contribution in [0, 0.1) is 11.8 Å². The molecule has 2 aliphatic heterocycles. The fourth-order valence-corrected chi connectivity index (χ4v) is 5.62. The normalized spacial score (nSPS) is 19.0.